The number of carbonyl (C=O) groups is 2. The van der Waals surface area contributed by atoms with Crippen molar-refractivity contribution >= 4 is 12.1 Å². The summed E-state index contributed by atoms with van der Waals surface area (Å²) in [6.45, 7) is 3.12. The third kappa shape index (κ3) is 5.67. The molecule has 8 heteroatoms. The molecule has 8 nitrogen and oxygen atoms in total. The van der Waals surface area contributed by atoms with Crippen LogP contribution >= 0.6 is 0 Å². The summed E-state index contributed by atoms with van der Waals surface area (Å²) in [5.41, 5.74) is 3.06. The van der Waals surface area contributed by atoms with Crippen molar-refractivity contribution in [3.63, 3.8) is 0 Å². The first-order valence-corrected chi connectivity index (χ1v) is 10.4. The molecule has 1 aliphatic heterocycles. The Hall–Kier alpha value is -3.78. The minimum Gasteiger partial charge on any atom is -0.478 e. The van der Waals surface area contributed by atoms with Crippen LogP contribution in [-0.2, 0) is 13.0 Å². The Labute approximate surface area is 186 Å². The van der Waals surface area contributed by atoms with Gasteiger partial charge in [0.15, 0.2) is 0 Å². The van der Waals surface area contributed by atoms with Crippen molar-refractivity contribution < 1.29 is 19.4 Å². The van der Waals surface area contributed by atoms with Crippen LogP contribution in [0.15, 0.2) is 67.0 Å². The molecule has 1 aliphatic rings. The standard InChI is InChI=1S/C24H24N4O4/c29-23(30)19-6-7-21(26-16-19)17-27-11-13-28(14-12-27)24(31)32-22-8-4-18(5-9-22)15-20-3-1-2-10-25-20/h1-10,16H,11-15,17H2,(H,29,30). The number of rotatable bonds is 6. The molecule has 1 saturated heterocycles. The first kappa shape index (κ1) is 21.5. The van der Waals surface area contributed by atoms with E-state index in [0.29, 0.717) is 38.5 Å². The maximum atomic E-state index is 12.5. The molecule has 0 saturated carbocycles. The van der Waals surface area contributed by atoms with E-state index in [9.17, 15) is 9.59 Å². The van der Waals surface area contributed by atoms with Gasteiger partial charge in [-0.3, -0.25) is 14.9 Å². The van der Waals surface area contributed by atoms with Crippen LogP contribution in [0.5, 0.6) is 5.75 Å². The van der Waals surface area contributed by atoms with Crippen molar-refractivity contribution in [3.05, 3.63) is 89.5 Å². The minimum atomic E-state index is -0.987. The molecule has 4 rings (SSSR count). The zero-order valence-electron chi connectivity index (χ0n) is 17.6. The molecule has 1 amide bonds. The highest BCUT2D eigenvalue weighted by atomic mass is 16.6. The maximum Gasteiger partial charge on any atom is 0.415 e. The maximum absolute atomic E-state index is 12.5. The molecule has 32 heavy (non-hydrogen) atoms. The quantitative estimate of drug-likeness (QED) is 0.639. The van der Waals surface area contributed by atoms with Gasteiger partial charge in [0.25, 0.3) is 0 Å². The largest absolute Gasteiger partial charge is 0.478 e. The molecule has 0 aliphatic carbocycles. The van der Waals surface area contributed by atoms with Crippen LogP contribution in [0.3, 0.4) is 0 Å². The molecule has 3 aromatic rings. The fourth-order valence-corrected chi connectivity index (χ4v) is 3.51. The van der Waals surface area contributed by atoms with Crippen LogP contribution in [0, 0.1) is 0 Å². The summed E-state index contributed by atoms with van der Waals surface area (Å²) < 4.78 is 5.53. The van der Waals surface area contributed by atoms with Crippen molar-refractivity contribution in [3.8, 4) is 5.75 Å². The second-order valence-electron chi connectivity index (χ2n) is 7.62. The summed E-state index contributed by atoms with van der Waals surface area (Å²) >= 11 is 0. The zero-order chi connectivity index (χ0) is 22.3. The Morgan fingerprint density at radius 1 is 0.906 bits per heavy atom. The molecule has 0 bridgehead atoms. The lowest BCUT2D eigenvalue weighted by atomic mass is 10.1. The highest BCUT2D eigenvalue weighted by molar-refractivity contribution is 5.87. The summed E-state index contributed by atoms with van der Waals surface area (Å²) in [7, 11) is 0. The van der Waals surface area contributed by atoms with E-state index in [0.717, 1.165) is 23.4 Å². The summed E-state index contributed by atoms with van der Waals surface area (Å²) in [5.74, 6) is -0.469. The first-order chi connectivity index (χ1) is 15.6. The molecule has 0 unspecified atom stereocenters. The number of benzene rings is 1. The molecule has 1 aromatic carbocycles. The number of hydrogen-bond donors (Lipinski definition) is 1. The Morgan fingerprint density at radius 2 is 1.69 bits per heavy atom. The van der Waals surface area contributed by atoms with E-state index in [2.05, 4.69) is 14.9 Å². The van der Waals surface area contributed by atoms with E-state index in [1.54, 1.807) is 35.4 Å². The monoisotopic (exact) mass is 432 g/mol. The Morgan fingerprint density at radius 3 is 2.31 bits per heavy atom. The minimum absolute atomic E-state index is 0.172. The highest BCUT2D eigenvalue weighted by Gasteiger charge is 2.23. The third-order valence-electron chi connectivity index (χ3n) is 5.33. The van der Waals surface area contributed by atoms with Gasteiger partial charge in [0.05, 0.1) is 11.3 Å². The highest BCUT2D eigenvalue weighted by Crippen LogP contribution is 2.16. The molecule has 164 valence electrons. The number of pyridine rings is 2. The van der Waals surface area contributed by atoms with Crippen LogP contribution in [-0.4, -0.2) is 63.1 Å². The van der Waals surface area contributed by atoms with Crippen LogP contribution in [0.2, 0.25) is 0 Å². The molecule has 0 radical (unpaired) electrons. The second-order valence-corrected chi connectivity index (χ2v) is 7.62. The van der Waals surface area contributed by atoms with Crippen LogP contribution in [0.4, 0.5) is 4.79 Å². The van der Waals surface area contributed by atoms with Gasteiger partial charge in [-0.2, -0.15) is 0 Å². The van der Waals surface area contributed by atoms with Gasteiger partial charge in [-0.25, -0.2) is 9.59 Å². The van der Waals surface area contributed by atoms with Gasteiger partial charge in [-0.05, 0) is 42.0 Å². The van der Waals surface area contributed by atoms with Crippen LogP contribution < -0.4 is 4.74 Å². The van der Waals surface area contributed by atoms with E-state index >= 15 is 0 Å². The number of ether oxygens (including phenoxy) is 1. The predicted octanol–water partition coefficient (Wildman–Crippen LogP) is 3.08. The number of carboxylic acids is 1. The smallest absolute Gasteiger partial charge is 0.415 e. The number of carboxylic acid groups (broad SMARTS) is 1. The van der Waals surface area contributed by atoms with Crippen molar-refractivity contribution in [2.24, 2.45) is 0 Å². The van der Waals surface area contributed by atoms with Crippen LogP contribution in [0.25, 0.3) is 0 Å². The number of carbonyl (C=O) groups excluding carboxylic acids is 1. The summed E-state index contributed by atoms with van der Waals surface area (Å²) in [6, 6.07) is 16.6. The van der Waals surface area contributed by atoms with Gasteiger partial charge in [0.2, 0.25) is 0 Å². The lowest BCUT2D eigenvalue weighted by molar-refractivity contribution is 0.0696. The van der Waals surface area contributed by atoms with Gasteiger partial charge in [0, 0.05) is 57.2 Å². The normalized spacial score (nSPS) is 14.2. The molecule has 1 fully saturated rings. The molecule has 1 N–H and O–H groups in total. The summed E-state index contributed by atoms with van der Waals surface area (Å²) in [4.78, 5) is 35.8. The molecular weight excluding hydrogens is 408 g/mol. The molecule has 0 spiro atoms. The molecule has 0 atom stereocenters. The van der Waals surface area contributed by atoms with Crippen molar-refractivity contribution in [2.75, 3.05) is 26.2 Å². The SMILES string of the molecule is O=C(O)c1ccc(CN2CCN(C(=O)Oc3ccc(Cc4ccccn4)cc3)CC2)nc1. The summed E-state index contributed by atoms with van der Waals surface area (Å²) in [5, 5.41) is 8.96. The fraction of sp³-hybridized carbons (Fsp3) is 0.250. The molecule has 2 aromatic heterocycles. The average molecular weight is 432 g/mol. The number of amides is 1. The number of aromatic carboxylic acids is 1. The molecule has 3 heterocycles. The van der Waals surface area contributed by atoms with E-state index in [4.69, 9.17) is 9.84 Å². The molecular formula is C24H24N4O4. The van der Waals surface area contributed by atoms with Gasteiger partial charge in [-0.1, -0.05) is 18.2 Å². The number of nitrogens with zero attached hydrogens (tertiary/aromatic N) is 4. The number of hydrogen-bond acceptors (Lipinski definition) is 6. The number of piperazine rings is 1. The van der Waals surface area contributed by atoms with E-state index < -0.39 is 5.97 Å². The third-order valence-corrected chi connectivity index (χ3v) is 5.33. The van der Waals surface area contributed by atoms with E-state index in [1.807, 2.05) is 30.3 Å². The Kier molecular flexibility index (Phi) is 6.72. The Bertz CT molecular complexity index is 1050. The predicted molar refractivity (Wildman–Crippen MR) is 118 cm³/mol. The fourth-order valence-electron chi connectivity index (χ4n) is 3.51. The van der Waals surface area contributed by atoms with Crippen LogP contribution in [0.1, 0.15) is 27.3 Å². The second kappa shape index (κ2) is 10.0. The average Bonchev–Trinajstić information content (AvgIpc) is 2.82. The lowest BCUT2D eigenvalue weighted by Crippen LogP contribution is -2.49. The summed E-state index contributed by atoms with van der Waals surface area (Å²) in [6.07, 6.45) is 3.51. The van der Waals surface area contributed by atoms with Crippen molar-refractivity contribution in [2.45, 2.75) is 13.0 Å². The lowest BCUT2D eigenvalue weighted by Gasteiger charge is -2.33. The first-order valence-electron chi connectivity index (χ1n) is 10.4. The van der Waals surface area contributed by atoms with Gasteiger partial charge in [-0.15, -0.1) is 0 Å². The topological polar surface area (TPSA) is 95.9 Å². The van der Waals surface area contributed by atoms with Crippen molar-refractivity contribution in [1.29, 1.82) is 0 Å². The van der Waals surface area contributed by atoms with E-state index in [1.165, 1.54) is 6.20 Å². The number of aromatic nitrogens is 2. The van der Waals surface area contributed by atoms with Gasteiger partial charge >= 0.3 is 12.1 Å². The van der Waals surface area contributed by atoms with Gasteiger partial charge in [0.1, 0.15) is 5.75 Å². The van der Waals surface area contributed by atoms with Gasteiger partial charge < -0.3 is 14.7 Å². The van der Waals surface area contributed by atoms with E-state index in [-0.39, 0.29) is 11.7 Å². The van der Waals surface area contributed by atoms with Crippen molar-refractivity contribution in [1.82, 2.24) is 19.8 Å². The zero-order valence-corrected chi connectivity index (χ0v) is 17.6. The Balaban J connectivity index is 1.24.